The van der Waals surface area contributed by atoms with Gasteiger partial charge in [0.2, 0.25) is 11.8 Å². The van der Waals surface area contributed by atoms with E-state index in [0.29, 0.717) is 11.1 Å². The highest BCUT2D eigenvalue weighted by atomic mass is 32.2. The molecule has 1 aliphatic rings. The van der Waals surface area contributed by atoms with Crippen molar-refractivity contribution < 1.29 is 14.3 Å². The zero-order valence-corrected chi connectivity index (χ0v) is 16.1. The number of hydrogen-bond donors (Lipinski definition) is 2. The predicted octanol–water partition coefficient (Wildman–Crippen LogP) is 1.39. The second-order valence-electron chi connectivity index (χ2n) is 6.63. The third-order valence-corrected chi connectivity index (χ3v) is 5.46. The molecule has 1 amide bonds. The fourth-order valence-corrected chi connectivity index (χ4v) is 4.09. The standard InChI is InChI=1S/C19H24N4O3S/c1-27-11-15(23-8-2-3-9-23)17(20)19(25)26-16-7-5-12-10-13(18(21)24)4-6-14(12)22-16/h4-7,10,15,17H,2-3,8-9,11,20H2,1H3,(H2,21,24). The Bertz CT molecular complexity index is 839. The van der Waals surface area contributed by atoms with Crippen molar-refractivity contribution in [1.29, 1.82) is 0 Å². The minimum absolute atomic E-state index is 0.0476. The molecule has 2 unspecified atom stereocenters. The van der Waals surface area contributed by atoms with Gasteiger partial charge in [0.25, 0.3) is 0 Å². The smallest absolute Gasteiger partial charge is 0.331 e. The number of fused-ring (bicyclic) bond motifs is 1. The Hall–Kier alpha value is -2.16. The lowest BCUT2D eigenvalue weighted by Crippen LogP contribution is -2.53. The molecule has 8 heteroatoms. The average Bonchev–Trinajstić information content (AvgIpc) is 3.19. The van der Waals surface area contributed by atoms with E-state index in [1.807, 2.05) is 6.26 Å². The maximum atomic E-state index is 12.6. The molecular formula is C19H24N4O3S. The van der Waals surface area contributed by atoms with E-state index in [1.165, 1.54) is 0 Å². The molecule has 1 aromatic carbocycles. The number of pyridine rings is 1. The molecule has 0 bridgehead atoms. The number of rotatable bonds is 7. The van der Waals surface area contributed by atoms with Gasteiger partial charge in [-0.2, -0.15) is 11.8 Å². The summed E-state index contributed by atoms with van der Waals surface area (Å²) < 4.78 is 5.45. The Labute approximate surface area is 162 Å². The fraction of sp³-hybridized carbons (Fsp3) is 0.421. The van der Waals surface area contributed by atoms with Gasteiger partial charge in [-0.15, -0.1) is 0 Å². The molecule has 1 saturated heterocycles. The van der Waals surface area contributed by atoms with Crippen molar-refractivity contribution in [2.24, 2.45) is 11.5 Å². The number of nitrogens with two attached hydrogens (primary N) is 2. The van der Waals surface area contributed by atoms with Crippen molar-refractivity contribution in [3.63, 3.8) is 0 Å². The molecule has 7 nitrogen and oxygen atoms in total. The van der Waals surface area contributed by atoms with Crippen molar-refractivity contribution in [3.05, 3.63) is 35.9 Å². The molecule has 0 aliphatic carbocycles. The van der Waals surface area contributed by atoms with Crippen molar-refractivity contribution in [2.45, 2.75) is 24.9 Å². The largest absolute Gasteiger partial charge is 0.406 e. The number of ether oxygens (including phenoxy) is 1. The van der Waals surface area contributed by atoms with Crippen LogP contribution in [0.3, 0.4) is 0 Å². The van der Waals surface area contributed by atoms with Gasteiger partial charge in [0.05, 0.1) is 5.52 Å². The normalized spacial score (nSPS) is 17.0. The van der Waals surface area contributed by atoms with Crippen LogP contribution in [-0.2, 0) is 4.79 Å². The van der Waals surface area contributed by atoms with Crippen LogP contribution < -0.4 is 16.2 Å². The molecule has 0 saturated carbocycles. The van der Waals surface area contributed by atoms with E-state index in [4.69, 9.17) is 16.2 Å². The summed E-state index contributed by atoms with van der Waals surface area (Å²) in [6.45, 7) is 1.92. The third kappa shape index (κ3) is 4.58. The number of carbonyl (C=O) groups is 2. The molecule has 4 N–H and O–H groups in total. The molecule has 1 fully saturated rings. The lowest BCUT2D eigenvalue weighted by atomic mass is 10.1. The van der Waals surface area contributed by atoms with E-state index in [2.05, 4.69) is 9.88 Å². The topological polar surface area (TPSA) is 112 Å². The number of hydrogen-bond acceptors (Lipinski definition) is 7. The first-order valence-corrected chi connectivity index (χ1v) is 10.3. The van der Waals surface area contributed by atoms with Crippen LogP contribution in [0.2, 0.25) is 0 Å². The van der Waals surface area contributed by atoms with Crippen LogP contribution in [0.5, 0.6) is 5.88 Å². The van der Waals surface area contributed by atoms with Crippen LogP contribution in [0.4, 0.5) is 0 Å². The first kappa shape index (κ1) is 19.6. The summed E-state index contributed by atoms with van der Waals surface area (Å²) in [6.07, 6.45) is 4.27. The molecule has 2 aromatic rings. The Morgan fingerprint density at radius 2 is 2.00 bits per heavy atom. The van der Waals surface area contributed by atoms with Gasteiger partial charge >= 0.3 is 5.97 Å². The minimum atomic E-state index is -0.731. The summed E-state index contributed by atoms with van der Waals surface area (Å²) in [5, 5.41) is 0.743. The van der Waals surface area contributed by atoms with Crippen LogP contribution in [-0.4, -0.2) is 58.9 Å². The Balaban J connectivity index is 1.73. The monoisotopic (exact) mass is 388 g/mol. The summed E-state index contributed by atoms with van der Waals surface area (Å²) >= 11 is 1.67. The molecular weight excluding hydrogens is 364 g/mol. The van der Waals surface area contributed by atoms with E-state index >= 15 is 0 Å². The van der Waals surface area contributed by atoms with Crippen molar-refractivity contribution in [3.8, 4) is 5.88 Å². The molecule has 0 spiro atoms. The summed E-state index contributed by atoms with van der Waals surface area (Å²) in [4.78, 5) is 30.4. The number of benzene rings is 1. The van der Waals surface area contributed by atoms with Crippen LogP contribution in [0.1, 0.15) is 23.2 Å². The number of nitrogens with zero attached hydrogens (tertiary/aromatic N) is 2. The Morgan fingerprint density at radius 3 is 2.67 bits per heavy atom. The molecule has 144 valence electrons. The molecule has 2 heterocycles. The lowest BCUT2D eigenvalue weighted by Gasteiger charge is -2.30. The van der Waals surface area contributed by atoms with Gasteiger partial charge < -0.3 is 16.2 Å². The van der Waals surface area contributed by atoms with Crippen molar-refractivity contribution in [1.82, 2.24) is 9.88 Å². The maximum Gasteiger partial charge on any atom is 0.331 e. The van der Waals surface area contributed by atoms with Gasteiger partial charge in [0.15, 0.2) is 0 Å². The Morgan fingerprint density at radius 1 is 1.26 bits per heavy atom. The Kier molecular flexibility index (Phi) is 6.30. The van der Waals surface area contributed by atoms with Gasteiger partial charge in [-0.1, -0.05) is 0 Å². The summed E-state index contributed by atoms with van der Waals surface area (Å²) in [5.41, 5.74) is 12.5. The number of thioether (sulfide) groups is 1. The summed E-state index contributed by atoms with van der Waals surface area (Å²) in [5.74, 6) is -0.0158. The quantitative estimate of drug-likeness (QED) is 0.690. The second kappa shape index (κ2) is 8.69. The minimum Gasteiger partial charge on any atom is -0.406 e. The average molecular weight is 388 g/mol. The van der Waals surface area contributed by atoms with Gasteiger partial charge in [-0.05, 0) is 56.5 Å². The van der Waals surface area contributed by atoms with Crippen LogP contribution in [0, 0.1) is 0 Å². The molecule has 2 atom stereocenters. The van der Waals surface area contributed by atoms with Crippen LogP contribution in [0.15, 0.2) is 30.3 Å². The predicted molar refractivity (Wildman–Crippen MR) is 107 cm³/mol. The molecule has 1 aliphatic heterocycles. The lowest BCUT2D eigenvalue weighted by molar-refractivity contribution is -0.137. The van der Waals surface area contributed by atoms with Gasteiger partial charge in [0.1, 0.15) is 6.04 Å². The van der Waals surface area contributed by atoms with Gasteiger partial charge in [-0.3, -0.25) is 9.69 Å². The number of likely N-dealkylation sites (tertiary alicyclic amines) is 1. The number of amides is 1. The number of carbonyl (C=O) groups excluding carboxylic acids is 2. The van der Waals surface area contributed by atoms with E-state index in [0.717, 1.165) is 37.1 Å². The van der Waals surface area contributed by atoms with E-state index in [-0.39, 0.29) is 11.9 Å². The second-order valence-corrected chi connectivity index (χ2v) is 7.54. The molecule has 0 radical (unpaired) electrons. The highest BCUT2D eigenvalue weighted by Gasteiger charge is 2.32. The summed E-state index contributed by atoms with van der Waals surface area (Å²) in [7, 11) is 0. The van der Waals surface area contributed by atoms with Crippen molar-refractivity contribution in [2.75, 3.05) is 25.1 Å². The van der Waals surface area contributed by atoms with Crippen molar-refractivity contribution >= 4 is 34.5 Å². The highest BCUT2D eigenvalue weighted by molar-refractivity contribution is 7.98. The van der Waals surface area contributed by atoms with Gasteiger partial charge in [0, 0.05) is 28.8 Å². The zero-order valence-electron chi connectivity index (χ0n) is 15.3. The number of aromatic nitrogens is 1. The van der Waals surface area contributed by atoms with Gasteiger partial charge in [-0.25, -0.2) is 9.78 Å². The van der Waals surface area contributed by atoms with E-state index in [1.54, 1.807) is 42.1 Å². The summed E-state index contributed by atoms with van der Waals surface area (Å²) in [6, 6.07) is 7.48. The van der Waals surface area contributed by atoms with E-state index in [9.17, 15) is 9.59 Å². The maximum absolute atomic E-state index is 12.6. The first-order valence-electron chi connectivity index (χ1n) is 8.90. The van der Waals surface area contributed by atoms with E-state index < -0.39 is 17.9 Å². The SMILES string of the molecule is CSCC(C(N)C(=O)Oc1ccc2cc(C(N)=O)ccc2n1)N1CCCC1. The van der Waals surface area contributed by atoms with Crippen LogP contribution >= 0.6 is 11.8 Å². The van der Waals surface area contributed by atoms with Crippen LogP contribution in [0.25, 0.3) is 10.9 Å². The third-order valence-electron chi connectivity index (χ3n) is 4.79. The molecule has 1 aromatic heterocycles. The fourth-order valence-electron chi connectivity index (χ4n) is 3.33. The molecule has 3 rings (SSSR count). The highest BCUT2D eigenvalue weighted by Crippen LogP contribution is 2.20. The number of primary amides is 1. The molecule has 27 heavy (non-hydrogen) atoms. The first-order chi connectivity index (χ1) is 13.0. The zero-order chi connectivity index (χ0) is 19.4. The number of esters is 1.